The molecule has 0 aliphatic carbocycles. The third kappa shape index (κ3) is 3.47. The highest BCUT2D eigenvalue weighted by molar-refractivity contribution is 5.75. The zero-order valence-electron chi connectivity index (χ0n) is 13.4. The standard InChI is InChI=1S/C17H23F2N3O/c1-12-5-2-3-8-22(12)13-10-21(11-13)17(23)20-9-14-15(18)6-4-7-16(14)19/h4,6-7,12-13H,2-3,5,8-11H2,1H3,(H,20,23)/t12-/m0/s1. The minimum atomic E-state index is -0.631. The highest BCUT2D eigenvalue weighted by Gasteiger charge is 2.37. The first-order chi connectivity index (χ1) is 11.1. The van der Waals surface area contributed by atoms with Crippen molar-refractivity contribution in [3.63, 3.8) is 0 Å². The monoisotopic (exact) mass is 323 g/mol. The molecule has 0 spiro atoms. The van der Waals surface area contributed by atoms with Gasteiger partial charge < -0.3 is 10.2 Å². The van der Waals surface area contributed by atoms with E-state index in [9.17, 15) is 13.6 Å². The molecule has 4 nitrogen and oxygen atoms in total. The average Bonchev–Trinajstić information content (AvgIpc) is 2.47. The summed E-state index contributed by atoms with van der Waals surface area (Å²) in [5.74, 6) is -1.26. The van der Waals surface area contributed by atoms with Crippen molar-refractivity contribution in [1.29, 1.82) is 0 Å². The molecule has 1 N–H and O–H groups in total. The summed E-state index contributed by atoms with van der Waals surface area (Å²) in [5.41, 5.74) is -0.0948. The van der Waals surface area contributed by atoms with E-state index < -0.39 is 11.6 Å². The smallest absolute Gasteiger partial charge is 0.317 e. The summed E-state index contributed by atoms with van der Waals surface area (Å²) in [6, 6.07) is 4.45. The number of nitrogens with one attached hydrogen (secondary N) is 1. The largest absolute Gasteiger partial charge is 0.334 e. The molecule has 3 rings (SSSR count). The number of likely N-dealkylation sites (tertiary alicyclic amines) is 2. The fourth-order valence-corrected chi connectivity index (χ4v) is 3.47. The molecule has 2 fully saturated rings. The van der Waals surface area contributed by atoms with Crippen LogP contribution < -0.4 is 5.32 Å². The van der Waals surface area contributed by atoms with Gasteiger partial charge in [-0.25, -0.2) is 13.6 Å². The first kappa shape index (κ1) is 16.2. The quantitative estimate of drug-likeness (QED) is 0.928. The van der Waals surface area contributed by atoms with Gasteiger partial charge in [-0.1, -0.05) is 12.5 Å². The van der Waals surface area contributed by atoms with Crippen LogP contribution in [0.15, 0.2) is 18.2 Å². The van der Waals surface area contributed by atoms with Crippen molar-refractivity contribution < 1.29 is 13.6 Å². The molecule has 126 valence electrons. The number of hydrogen-bond acceptors (Lipinski definition) is 2. The van der Waals surface area contributed by atoms with Gasteiger partial charge in [0.1, 0.15) is 11.6 Å². The number of urea groups is 1. The molecule has 0 bridgehead atoms. The summed E-state index contributed by atoms with van der Waals surface area (Å²) in [6.07, 6.45) is 3.72. The van der Waals surface area contributed by atoms with Gasteiger partial charge in [0.15, 0.2) is 0 Å². The maximum Gasteiger partial charge on any atom is 0.317 e. The van der Waals surface area contributed by atoms with Gasteiger partial charge in [0.25, 0.3) is 0 Å². The van der Waals surface area contributed by atoms with Gasteiger partial charge in [0.05, 0.1) is 6.54 Å². The van der Waals surface area contributed by atoms with Crippen LogP contribution in [0.25, 0.3) is 0 Å². The van der Waals surface area contributed by atoms with Crippen LogP contribution in [0.4, 0.5) is 13.6 Å². The van der Waals surface area contributed by atoms with Crippen LogP contribution in [0.2, 0.25) is 0 Å². The Morgan fingerprint density at radius 3 is 2.61 bits per heavy atom. The number of piperidine rings is 1. The normalized spacial score (nSPS) is 22.7. The predicted octanol–water partition coefficient (Wildman–Crippen LogP) is 2.73. The van der Waals surface area contributed by atoms with Crippen LogP contribution in [0.1, 0.15) is 31.7 Å². The van der Waals surface area contributed by atoms with Gasteiger partial charge in [-0.3, -0.25) is 4.90 Å². The molecule has 2 saturated heterocycles. The molecule has 23 heavy (non-hydrogen) atoms. The lowest BCUT2D eigenvalue weighted by Gasteiger charge is -2.49. The minimum absolute atomic E-state index is 0.0948. The molecule has 1 atom stereocenters. The maximum absolute atomic E-state index is 13.5. The van der Waals surface area contributed by atoms with Crippen molar-refractivity contribution in [2.24, 2.45) is 0 Å². The predicted molar refractivity (Wildman–Crippen MR) is 84.0 cm³/mol. The number of benzene rings is 1. The summed E-state index contributed by atoms with van der Waals surface area (Å²) in [5, 5.41) is 2.61. The van der Waals surface area contributed by atoms with E-state index in [0.717, 1.165) is 6.54 Å². The Labute approximate surface area is 135 Å². The Morgan fingerprint density at radius 2 is 1.96 bits per heavy atom. The molecular weight excluding hydrogens is 300 g/mol. The number of nitrogens with zero attached hydrogens (tertiary/aromatic N) is 2. The number of rotatable bonds is 3. The van der Waals surface area contributed by atoms with Crippen molar-refractivity contribution in [2.75, 3.05) is 19.6 Å². The van der Waals surface area contributed by atoms with Gasteiger partial charge in [-0.2, -0.15) is 0 Å². The lowest BCUT2D eigenvalue weighted by Crippen LogP contribution is -2.65. The Balaban J connectivity index is 1.47. The Kier molecular flexibility index (Phi) is 4.80. The second-order valence-corrected chi connectivity index (χ2v) is 6.50. The fourth-order valence-electron chi connectivity index (χ4n) is 3.47. The van der Waals surface area contributed by atoms with Crippen molar-refractivity contribution in [2.45, 2.75) is 44.8 Å². The van der Waals surface area contributed by atoms with E-state index in [4.69, 9.17) is 0 Å². The topological polar surface area (TPSA) is 35.6 Å². The van der Waals surface area contributed by atoms with Crippen molar-refractivity contribution in [3.05, 3.63) is 35.4 Å². The van der Waals surface area contributed by atoms with Crippen LogP contribution in [-0.4, -0.2) is 47.5 Å². The summed E-state index contributed by atoms with van der Waals surface area (Å²) in [6.45, 7) is 4.59. The Bertz CT molecular complexity index is 555. The summed E-state index contributed by atoms with van der Waals surface area (Å²) < 4.78 is 27.1. The van der Waals surface area contributed by atoms with Gasteiger partial charge in [-0.05, 0) is 38.4 Å². The Hall–Kier alpha value is -1.69. The summed E-state index contributed by atoms with van der Waals surface area (Å²) in [7, 11) is 0. The molecule has 2 aliphatic heterocycles. The molecule has 0 unspecified atom stereocenters. The van der Waals surface area contributed by atoms with Crippen molar-refractivity contribution in [3.8, 4) is 0 Å². The molecule has 0 aromatic heterocycles. The average molecular weight is 323 g/mol. The fraction of sp³-hybridized carbons (Fsp3) is 0.588. The third-order valence-corrected chi connectivity index (χ3v) is 4.95. The van der Waals surface area contributed by atoms with Crippen LogP contribution in [-0.2, 0) is 6.54 Å². The molecule has 1 aromatic carbocycles. The number of amides is 2. The van der Waals surface area contributed by atoms with Crippen molar-refractivity contribution >= 4 is 6.03 Å². The number of halogens is 2. The maximum atomic E-state index is 13.5. The molecule has 0 radical (unpaired) electrons. The molecular formula is C17H23F2N3O. The summed E-state index contributed by atoms with van der Waals surface area (Å²) in [4.78, 5) is 16.3. The van der Waals surface area contributed by atoms with E-state index in [1.807, 2.05) is 0 Å². The number of carbonyl (C=O) groups excluding carboxylic acids is 1. The van der Waals surface area contributed by atoms with E-state index in [1.165, 1.54) is 37.5 Å². The van der Waals surface area contributed by atoms with Gasteiger partial charge in [0, 0.05) is 30.7 Å². The first-order valence-corrected chi connectivity index (χ1v) is 8.27. The minimum Gasteiger partial charge on any atom is -0.334 e. The zero-order chi connectivity index (χ0) is 16.4. The van der Waals surface area contributed by atoms with E-state index >= 15 is 0 Å². The van der Waals surface area contributed by atoms with Gasteiger partial charge in [-0.15, -0.1) is 0 Å². The third-order valence-electron chi connectivity index (χ3n) is 4.95. The van der Waals surface area contributed by atoms with Gasteiger partial charge >= 0.3 is 6.03 Å². The second-order valence-electron chi connectivity index (χ2n) is 6.50. The van der Waals surface area contributed by atoms with E-state index in [-0.39, 0.29) is 18.1 Å². The lowest BCUT2D eigenvalue weighted by atomic mass is 9.98. The zero-order valence-corrected chi connectivity index (χ0v) is 13.4. The molecule has 2 heterocycles. The van der Waals surface area contributed by atoms with Crippen LogP contribution in [0.5, 0.6) is 0 Å². The van der Waals surface area contributed by atoms with Gasteiger partial charge in [0.2, 0.25) is 0 Å². The van der Waals surface area contributed by atoms with Crippen LogP contribution in [0.3, 0.4) is 0 Å². The van der Waals surface area contributed by atoms with E-state index in [2.05, 4.69) is 17.1 Å². The molecule has 2 aliphatic rings. The summed E-state index contributed by atoms with van der Waals surface area (Å²) >= 11 is 0. The van der Waals surface area contributed by atoms with E-state index in [1.54, 1.807) is 4.90 Å². The Morgan fingerprint density at radius 1 is 1.26 bits per heavy atom. The highest BCUT2D eigenvalue weighted by Crippen LogP contribution is 2.24. The second kappa shape index (κ2) is 6.83. The highest BCUT2D eigenvalue weighted by atomic mass is 19.1. The first-order valence-electron chi connectivity index (χ1n) is 8.27. The molecule has 1 aromatic rings. The van der Waals surface area contributed by atoms with E-state index in [0.29, 0.717) is 25.2 Å². The molecule has 6 heteroatoms. The van der Waals surface area contributed by atoms with Crippen LogP contribution >= 0.6 is 0 Å². The molecule has 0 saturated carbocycles. The SMILES string of the molecule is C[C@H]1CCCCN1C1CN(C(=O)NCc2c(F)cccc2F)C1. The lowest BCUT2D eigenvalue weighted by molar-refractivity contribution is 0.0168. The van der Waals surface area contributed by atoms with Crippen molar-refractivity contribution in [1.82, 2.24) is 15.1 Å². The number of carbonyl (C=O) groups is 1. The number of hydrogen-bond donors (Lipinski definition) is 1. The van der Waals surface area contributed by atoms with Crippen LogP contribution in [0, 0.1) is 11.6 Å². The molecule has 2 amide bonds.